The molecule has 154 valence electrons. The minimum absolute atomic E-state index is 0.222. The Morgan fingerprint density at radius 2 is 1.90 bits per heavy atom. The van der Waals surface area contributed by atoms with Crippen LogP contribution in [-0.4, -0.2) is 36.6 Å². The monoisotopic (exact) mass is 398 g/mol. The number of phenols is 1. The molecule has 0 fully saturated rings. The molecule has 0 bridgehead atoms. The summed E-state index contributed by atoms with van der Waals surface area (Å²) in [6.07, 6.45) is 0.997. The first-order valence-electron chi connectivity index (χ1n) is 9.65. The Morgan fingerprint density at radius 1 is 1.03 bits per heavy atom. The van der Waals surface area contributed by atoms with E-state index in [0.717, 1.165) is 27.5 Å². The molecule has 29 heavy (non-hydrogen) atoms. The summed E-state index contributed by atoms with van der Waals surface area (Å²) in [5.41, 5.74) is 1.82. The highest BCUT2D eigenvalue weighted by molar-refractivity contribution is 5.30. The zero-order valence-corrected chi connectivity index (χ0v) is 16.6. The number of aliphatic hydroxyl groups excluding tert-OH is 1. The smallest absolute Gasteiger partial charge is 0.157 e. The summed E-state index contributed by atoms with van der Waals surface area (Å²) in [6, 6.07) is 18.7. The molecular formula is C23H28NO5+. The fraction of sp³-hybridized carbons (Fsp3) is 0.304. The second-order valence-electron chi connectivity index (χ2n) is 7.04. The number of quaternary nitrogens is 1. The van der Waals surface area contributed by atoms with Crippen LogP contribution in [0.3, 0.4) is 0 Å². The highest BCUT2D eigenvalue weighted by atomic mass is 16.5. The second kappa shape index (κ2) is 10.7. The predicted molar refractivity (Wildman–Crippen MR) is 109 cm³/mol. The second-order valence-corrected chi connectivity index (χ2v) is 7.04. The van der Waals surface area contributed by atoms with Gasteiger partial charge >= 0.3 is 0 Å². The van der Waals surface area contributed by atoms with Gasteiger partial charge in [0.15, 0.2) is 5.76 Å². The molecule has 0 amide bonds. The van der Waals surface area contributed by atoms with Crippen LogP contribution in [0, 0.1) is 0 Å². The number of nitrogens with one attached hydrogen (secondary N) is 1. The van der Waals surface area contributed by atoms with Crippen molar-refractivity contribution in [3.05, 3.63) is 83.8 Å². The molecule has 2 atom stereocenters. The van der Waals surface area contributed by atoms with Crippen molar-refractivity contribution in [3.8, 4) is 11.5 Å². The van der Waals surface area contributed by atoms with Crippen LogP contribution in [0.2, 0.25) is 0 Å². The minimum atomic E-state index is -0.642. The van der Waals surface area contributed by atoms with Crippen molar-refractivity contribution in [3.63, 3.8) is 0 Å². The molecule has 3 rings (SSSR count). The van der Waals surface area contributed by atoms with Gasteiger partial charge in [-0.3, -0.25) is 0 Å². The summed E-state index contributed by atoms with van der Waals surface area (Å²) in [4.78, 5) is 1.07. The standard InChI is InChI=1S/C23H27NO5/c1-27-21-8-4-6-18(12-21)16-28-17-20(25)14-24(15-22-9-5-11-29-22)13-19-7-2-3-10-23(19)26/h2-12,20,25-26H,13-17H2,1H3/p+1/t20-/m0/s1. The molecule has 0 saturated carbocycles. The van der Waals surface area contributed by atoms with Crippen LogP contribution in [-0.2, 0) is 24.4 Å². The number of furan rings is 1. The van der Waals surface area contributed by atoms with Crippen molar-refractivity contribution in [1.82, 2.24) is 0 Å². The third kappa shape index (κ3) is 6.64. The predicted octanol–water partition coefficient (Wildman–Crippen LogP) is 2.16. The van der Waals surface area contributed by atoms with Gasteiger partial charge in [0.25, 0.3) is 0 Å². The van der Waals surface area contributed by atoms with Crippen LogP contribution in [0.4, 0.5) is 0 Å². The Labute approximate surface area is 170 Å². The highest BCUT2D eigenvalue weighted by Crippen LogP contribution is 2.15. The van der Waals surface area contributed by atoms with Gasteiger partial charge in [-0.15, -0.1) is 0 Å². The van der Waals surface area contributed by atoms with Crippen LogP contribution >= 0.6 is 0 Å². The number of hydrogen-bond donors (Lipinski definition) is 3. The topological polar surface area (TPSA) is 76.5 Å². The maximum atomic E-state index is 10.5. The maximum Gasteiger partial charge on any atom is 0.157 e. The van der Waals surface area contributed by atoms with E-state index in [1.165, 1.54) is 0 Å². The molecule has 0 saturated heterocycles. The zero-order valence-electron chi connectivity index (χ0n) is 16.6. The Hall–Kier alpha value is -2.80. The molecule has 2 aromatic carbocycles. The lowest BCUT2D eigenvalue weighted by Crippen LogP contribution is -3.10. The van der Waals surface area contributed by atoms with Crippen molar-refractivity contribution in [1.29, 1.82) is 0 Å². The lowest BCUT2D eigenvalue weighted by molar-refractivity contribution is -0.931. The fourth-order valence-electron chi connectivity index (χ4n) is 3.26. The summed E-state index contributed by atoms with van der Waals surface area (Å²) >= 11 is 0. The number of phenolic OH excluding ortho intramolecular Hbond substituents is 1. The normalized spacial score (nSPS) is 13.2. The van der Waals surface area contributed by atoms with Gasteiger partial charge in [-0.1, -0.05) is 24.3 Å². The Bertz CT molecular complexity index is 865. The molecule has 0 aliphatic rings. The van der Waals surface area contributed by atoms with Crippen LogP contribution in [0.15, 0.2) is 71.3 Å². The number of benzene rings is 2. The SMILES string of the molecule is COc1cccc(COC[C@@H](O)C[NH+](Cc2ccco2)Cc2ccccc2O)c1. The van der Waals surface area contributed by atoms with E-state index in [1.54, 1.807) is 25.5 Å². The zero-order chi connectivity index (χ0) is 20.5. The van der Waals surface area contributed by atoms with Crippen LogP contribution in [0.5, 0.6) is 11.5 Å². The van der Waals surface area contributed by atoms with Gasteiger partial charge < -0.3 is 29.0 Å². The van der Waals surface area contributed by atoms with E-state index >= 15 is 0 Å². The van der Waals surface area contributed by atoms with E-state index in [1.807, 2.05) is 48.5 Å². The number of methoxy groups -OCH3 is 1. The summed E-state index contributed by atoms with van der Waals surface area (Å²) in [7, 11) is 1.63. The lowest BCUT2D eigenvalue weighted by Gasteiger charge is -2.22. The van der Waals surface area contributed by atoms with Gasteiger partial charge in [-0.05, 0) is 42.0 Å². The number of hydrogen-bond acceptors (Lipinski definition) is 5. The molecule has 0 aliphatic heterocycles. The first-order valence-corrected chi connectivity index (χ1v) is 9.65. The lowest BCUT2D eigenvalue weighted by atomic mass is 10.1. The molecule has 0 aliphatic carbocycles. The van der Waals surface area contributed by atoms with Crippen molar-refractivity contribution in [2.45, 2.75) is 25.8 Å². The van der Waals surface area contributed by atoms with Gasteiger partial charge in [0.05, 0.1) is 26.6 Å². The molecule has 6 nitrogen and oxygen atoms in total. The molecule has 1 aromatic heterocycles. The summed E-state index contributed by atoms with van der Waals surface area (Å²) in [6.45, 7) is 2.27. The van der Waals surface area contributed by atoms with E-state index in [4.69, 9.17) is 13.9 Å². The van der Waals surface area contributed by atoms with E-state index in [-0.39, 0.29) is 12.4 Å². The van der Waals surface area contributed by atoms with E-state index in [9.17, 15) is 10.2 Å². The van der Waals surface area contributed by atoms with E-state index in [2.05, 4.69) is 0 Å². The Balaban J connectivity index is 1.55. The van der Waals surface area contributed by atoms with Crippen molar-refractivity contribution >= 4 is 0 Å². The Morgan fingerprint density at radius 3 is 2.66 bits per heavy atom. The molecule has 1 unspecified atom stereocenters. The van der Waals surface area contributed by atoms with Gasteiger partial charge in [0.1, 0.15) is 37.2 Å². The average Bonchev–Trinajstić information content (AvgIpc) is 3.23. The van der Waals surface area contributed by atoms with Crippen LogP contribution in [0.25, 0.3) is 0 Å². The van der Waals surface area contributed by atoms with Crippen molar-refractivity contribution in [2.24, 2.45) is 0 Å². The molecule has 0 radical (unpaired) electrons. The van der Waals surface area contributed by atoms with Gasteiger partial charge in [-0.2, -0.15) is 0 Å². The summed E-state index contributed by atoms with van der Waals surface area (Å²) in [5.74, 6) is 1.87. The molecule has 0 spiro atoms. The van der Waals surface area contributed by atoms with Crippen molar-refractivity contribution < 1.29 is 29.0 Å². The van der Waals surface area contributed by atoms with E-state index < -0.39 is 6.10 Å². The molecule has 1 heterocycles. The minimum Gasteiger partial charge on any atom is -0.507 e. The average molecular weight is 398 g/mol. The quantitative estimate of drug-likeness (QED) is 0.462. The summed E-state index contributed by atoms with van der Waals surface area (Å²) < 4.78 is 16.4. The van der Waals surface area contributed by atoms with E-state index in [0.29, 0.717) is 26.2 Å². The molecule has 6 heteroatoms. The first-order chi connectivity index (χ1) is 14.1. The number of aliphatic hydroxyl groups is 1. The number of rotatable bonds is 11. The third-order valence-electron chi connectivity index (χ3n) is 4.67. The maximum absolute atomic E-state index is 10.5. The summed E-state index contributed by atoms with van der Waals surface area (Å²) in [5, 5.41) is 20.6. The van der Waals surface area contributed by atoms with Gasteiger partial charge in [-0.25, -0.2) is 0 Å². The van der Waals surface area contributed by atoms with Crippen LogP contribution in [0.1, 0.15) is 16.9 Å². The van der Waals surface area contributed by atoms with Gasteiger partial charge in [0, 0.05) is 5.56 Å². The first kappa shape index (κ1) is 20.9. The largest absolute Gasteiger partial charge is 0.507 e. The molecular weight excluding hydrogens is 370 g/mol. The number of aromatic hydroxyl groups is 1. The van der Waals surface area contributed by atoms with Crippen LogP contribution < -0.4 is 9.64 Å². The Kier molecular flexibility index (Phi) is 7.69. The third-order valence-corrected chi connectivity index (χ3v) is 4.67. The number of para-hydroxylation sites is 1. The fourth-order valence-corrected chi connectivity index (χ4v) is 3.26. The highest BCUT2D eigenvalue weighted by Gasteiger charge is 2.19. The van der Waals surface area contributed by atoms with Gasteiger partial charge in [0.2, 0.25) is 0 Å². The molecule has 3 N–H and O–H groups in total. The van der Waals surface area contributed by atoms with Crippen molar-refractivity contribution in [2.75, 3.05) is 20.3 Å². The number of ether oxygens (including phenoxy) is 2. The molecule has 3 aromatic rings.